The molecule has 1 rings (SSSR count). The van der Waals surface area contributed by atoms with Crippen LogP contribution in [0.2, 0.25) is 0 Å². The van der Waals surface area contributed by atoms with Crippen molar-refractivity contribution in [2.45, 2.75) is 18.1 Å². The molecule has 5 heteroatoms. The lowest BCUT2D eigenvalue weighted by Crippen LogP contribution is -2.31. The summed E-state index contributed by atoms with van der Waals surface area (Å²) in [6, 6.07) is 0. The van der Waals surface area contributed by atoms with Crippen LogP contribution >= 0.6 is 11.8 Å². The van der Waals surface area contributed by atoms with Crippen molar-refractivity contribution >= 4 is 17.7 Å². The standard InChI is InChI=1S/C7H14N2O2S/c8-9-7(10)2-1-3-12-6-4-11-5-6/h6H,1-5,8H2,(H,9,10). The number of hydrazine groups is 1. The summed E-state index contributed by atoms with van der Waals surface area (Å²) in [6.07, 6.45) is 1.42. The van der Waals surface area contributed by atoms with E-state index in [-0.39, 0.29) is 5.91 Å². The van der Waals surface area contributed by atoms with Crippen molar-refractivity contribution < 1.29 is 9.53 Å². The Bertz CT molecular complexity index is 150. The molecule has 70 valence electrons. The van der Waals surface area contributed by atoms with Crippen molar-refractivity contribution in [2.75, 3.05) is 19.0 Å². The number of carbonyl (C=O) groups excluding carboxylic acids is 1. The molecular formula is C7H14N2O2S. The van der Waals surface area contributed by atoms with E-state index < -0.39 is 0 Å². The Balaban J connectivity index is 1.85. The number of hydrogen-bond donors (Lipinski definition) is 2. The smallest absolute Gasteiger partial charge is 0.233 e. The molecule has 1 fully saturated rings. The molecule has 0 spiro atoms. The Kier molecular flexibility index (Phi) is 4.42. The predicted molar refractivity (Wildman–Crippen MR) is 48.6 cm³/mol. The highest BCUT2D eigenvalue weighted by Gasteiger charge is 2.17. The fourth-order valence-electron chi connectivity index (χ4n) is 0.865. The molecule has 12 heavy (non-hydrogen) atoms. The first-order valence-corrected chi connectivity index (χ1v) is 5.06. The van der Waals surface area contributed by atoms with E-state index in [1.54, 1.807) is 0 Å². The maximum Gasteiger partial charge on any atom is 0.233 e. The van der Waals surface area contributed by atoms with E-state index >= 15 is 0 Å². The topological polar surface area (TPSA) is 64.3 Å². The molecule has 1 aliphatic heterocycles. The van der Waals surface area contributed by atoms with Crippen molar-refractivity contribution in [2.24, 2.45) is 5.84 Å². The molecule has 0 bridgehead atoms. The quantitative estimate of drug-likeness (QED) is 0.275. The molecule has 0 saturated carbocycles. The third-order valence-electron chi connectivity index (χ3n) is 1.67. The van der Waals surface area contributed by atoms with E-state index in [9.17, 15) is 4.79 Å². The fraction of sp³-hybridized carbons (Fsp3) is 0.857. The molecule has 0 atom stereocenters. The zero-order chi connectivity index (χ0) is 8.81. The lowest BCUT2D eigenvalue weighted by atomic mass is 10.3. The highest BCUT2D eigenvalue weighted by molar-refractivity contribution is 8.00. The molecule has 0 unspecified atom stereocenters. The van der Waals surface area contributed by atoms with Gasteiger partial charge in [-0.05, 0) is 12.2 Å². The molecule has 0 aliphatic carbocycles. The molecule has 3 N–H and O–H groups in total. The van der Waals surface area contributed by atoms with Gasteiger partial charge in [-0.3, -0.25) is 10.2 Å². The van der Waals surface area contributed by atoms with Crippen LogP contribution < -0.4 is 11.3 Å². The van der Waals surface area contributed by atoms with E-state index in [0.29, 0.717) is 11.7 Å². The molecule has 0 aromatic heterocycles. The Labute approximate surface area is 76.2 Å². The zero-order valence-electron chi connectivity index (χ0n) is 6.91. The van der Waals surface area contributed by atoms with Crippen LogP contribution in [-0.2, 0) is 9.53 Å². The Hall–Kier alpha value is -0.260. The summed E-state index contributed by atoms with van der Waals surface area (Å²) in [6.45, 7) is 1.74. The van der Waals surface area contributed by atoms with Crippen LogP contribution in [-0.4, -0.2) is 30.1 Å². The summed E-state index contributed by atoms with van der Waals surface area (Å²) in [5.41, 5.74) is 2.11. The zero-order valence-corrected chi connectivity index (χ0v) is 7.73. The average Bonchev–Trinajstić information content (AvgIpc) is 2.00. The second kappa shape index (κ2) is 5.40. The molecule has 4 nitrogen and oxygen atoms in total. The Morgan fingerprint density at radius 2 is 2.42 bits per heavy atom. The predicted octanol–water partition coefficient (Wildman–Crippen LogP) is -0.112. The molecular weight excluding hydrogens is 176 g/mol. The minimum absolute atomic E-state index is 0.0829. The lowest BCUT2D eigenvalue weighted by molar-refractivity contribution is -0.121. The summed E-state index contributed by atoms with van der Waals surface area (Å²) in [5, 5.41) is 0.658. The van der Waals surface area contributed by atoms with E-state index in [0.717, 1.165) is 25.4 Å². The highest BCUT2D eigenvalue weighted by Crippen LogP contribution is 2.19. The first-order valence-electron chi connectivity index (χ1n) is 4.01. The van der Waals surface area contributed by atoms with Crippen LogP contribution in [0.1, 0.15) is 12.8 Å². The first-order chi connectivity index (χ1) is 5.83. The van der Waals surface area contributed by atoms with Crippen molar-refractivity contribution in [3.05, 3.63) is 0 Å². The molecule has 1 aliphatic rings. The SMILES string of the molecule is NNC(=O)CCCSC1COC1. The maximum atomic E-state index is 10.7. The van der Waals surface area contributed by atoms with Gasteiger partial charge in [0.25, 0.3) is 0 Å². The third kappa shape index (κ3) is 3.42. The first kappa shape index (κ1) is 9.83. The normalized spacial score (nSPS) is 17.1. The molecule has 1 amide bonds. The van der Waals surface area contributed by atoms with Crippen molar-refractivity contribution in [3.63, 3.8) is 0 Å². The van der Waals surface area contributed by atoms with Crippen molar-refractivity contribution in [1.82, 2.24) is 5.43 Å². The number of nitrogens with one attached hydrogen (secondary N) is 1. The van der Waals surface area contributed by atoms with Gasteiger partial charge in [-0.25, -0.2) is 5.84 Å². The number of amides is 1. The van der Waals surface area contributed by atoms with Gasteiger partial charge in [-0.2, -0.15) is 11.8 Å². The van der Waals surface area contributed by atoms with Gasteiger partial charge < -0.3 is 4.74 Å². The van der Waals surface area contributed by atoms with Crippen LogP contribution in [0.15, 0.2) is 0 Å². The van der Waals surface area contributed by atoms with Gasteiger partial charge in [0, 0.05) is 6.42 Å². The van der Waals surface area contributed by atoms with Gasteiger partial charge in [0.2, 0.25) is 5.91 Å². The van der Waals surface area contributed by atoms with E-state index in [4.69, 9.17) is 10.6 Å². The van der Waals surface area contributed by atoms with E-state index in [1.165, 1.54) is 0 Å². The van der Waals surface area contributed by atoms with Gasteiger partial charge in [0.1, 0.15) is 0 Å². The van der Waals surface area contributed by atoms with Crippen LogP contribution in [0.25, 0.3) is 0 Å². The number of carbonyl (C=O) groups is 1. The summed E-state index contributed by atoms with van der Waals surface area (Å²) in [5.74, 6) is 5.86. The summed E-state index contributed by atoms with van der Waals surface area (Å²) in [4.78, 5) is 10.7. The van der Waals surface area contributed by atoms with Crippen LogP contribution in [0.5, 0.6) is 0 Å². The van der Waals surface area contributed by atoms with E-state index in [1.807, 2.05) is 11.8 Å². The fourth-order valence-corrected chi connectivity index (χ4v) is 1.89. The second-order valence-electron chi connectivity index (χ2n) is 2.70. The molecule has 1 heterocycles. The van der Waals surface area contributed by atoms with Crippen molar-refractivity contribution in [1.29, 1.82) is 0 Å². The number of nitrogens with two attached hydrogens (primary N) is 1. The van der Waals surface area contributed by atoms with Crippen molar-refractivity contribution in [3.8, 4) is 0 Å². The highest BCUT2D eigenvalue weighted by atomic mass is 32.2. The molecule has 1 saturated heterocycles. The largest absolute Gasteiger partial charge is 0.379 e. The summed E-state index contributed by atoms with van der Waals surface area (Å²) in [7, 11) is 0. The average molecular weight is 190 g/mol. The molecule has 0 aromatic rings. The number of ether oxygens (including phenoxy) is 1. The van der Waals surface area contributed by atoms with Crippen LogP contribution in [0, 0.1) is 0 Å². The minimum atomic E-state index is -0.0829. The van der Waals surface area contributed by atoms with Crippen LogP contribution in [0.4, 0.5) is 0 Å². The number of rotatable bonds is 5. The third-order valence-corrected chi connectivity index (χ3v) is 2.94. The minimum Gasteiger partial charge on any atom is -0.379 e. The maximum absolute atomic E-state index is 10.7. The number of thioether (sulfide) groups is 1. The van der Waals surface area contributed by atoms with Gasteiger partial charge in [0.15, 0.2) is 0 Å². The van der Waals surface area contributed by atoms with Crippen LogP contribution in [0.3, 0.4) is 0 Å². The Morgan fingerprint density at radius 3 is 2.92 bits per heavy atom. The lowest BCUT2D eigenvalue weighted by Gasteiger charge is -2.24. The van der Waals surface area contributed by atoms with Gasteiger partial charge in [-0.15, -0.1) is 0 Å². The van der Waals surface area contributed by atoms with Gasteiger partial charge >= 0.3 is 0 Å². The Morgan fingerprint density at radius 1 is 1.67 bits per heavy atom. The van der Waals surface area contributed by atoms with E-state index in [2.05, 4.69) is 5.43 Å². The monoisotopic (exact) mass is 190 g/mol. The summed E-state index contributed by atoms with van der Waals surface area (Å²) >= 11 is 1.87. The molecule has 0 radical (unpaired) electrons. The van der Waals surface area contributed by atoms with Gasteiger partial charge in [0.05, 0.1) is 18.5 Å². The molecule has 0 aromatic carbocycles. The second-order valence-corrected chi connectivity index (χ2v) is 4.11. The van der Waals surface area contributed by atoms with Gasteiger partial charge in [-0.1, -0.05) is 0 Å². The number of hydrogen-bond acceptors (Lipinski definition) is 4. The summed E-state index contributed by atoms with van der Waals surface area (Å²) < 4.78 is 5.01.